The molecule has 0 fully saturated rings. The molecule has 1 amide bonds. The maximum Gasteiger partial charge on any atom is 0.254 e. The van der Waals surface area contributed by atoms with E-state index in [1.807, 2.05) is 32.0 Å². The van der Waals surface area contributed by atoms with Crippen molar-refractivity contribution in [1.29, 1.82) is 0 Å². The second kappa shape index (κ2) is 6.27. The largest absolute Gasteiger partial charge is 0.351 e. The first-order valence-electron chi connectivity index (χ1n) is 6.69. The summed E-state index contributed by atoms with van der Waals surface area (Å²) in [5.74, 6) is -0.932. The van der Waals surface area contributed by atoms with Gasteiger partial charge in [0.05, 0.1) is 5.56 Å². The third kappa shape index (κ3) is 3.82. The van der Waals surface area contributed by atoms with E-state index in [-0.39, 0.29) is 11.0 Å². The fourth-order valence-corrected chi connectivity index (χ4v) is 2.24. The molecule has 0 atom stereocenters. The maximum atomic E-state index is 13.6. The van der Waals surface area contributed by atoms with Crippen molar-refractivity contribution in [2.45, 2.75) is 19.3 Å². The van der Waals surface area contributed by atoms with Gasteiger partial charge in [0.1, 0.15) is 5.82 Å². The van der Waals surface area contributed by atoms with Gasteiger partial charge < -0.3 is 5.32 Å². The van der Waals surface area contributed by atoms with Crippen LogP contribution < -0.4 is 5.32 Å². The van der Waals surface area contributed by atoms with Gasteiger partial charge in [-0.2, -0.15) is 0 Å². The van der Waals surface area contributed by atoms with Crippen LogP contribution >= 0.6 is 11.6 Å². The van der Waals surface area contributed by atoms with Gasteiger partial charge in [0.2, 0.25) is 0 Å². The molecule has 2 aromatic rings. The Bertz CT molecular complexity index is 655. The fourth-order valence-electron chi connectivity index (χ4n) is 2.05. The average Bonchev–Trinajstić information content (AvgIpc) is 2.45. The lowest BCUT2D eigenvalue weighted by molar-refractivity contribution is 0.0941. The van der Waals surface area contributed by atoms with Gasteiger partial charge in [0.15, 0.2) is 0 Å². The summed E-state index contributed by atoms with van der Waals surface area (Å²) in [6.07, 6.45) is 0. The molecule has 0 heterocycles. The molecule has 0 bridgehead atoms. The van der Waals surface area contributed by atoms with E-state index in [1.165, 1.54) is 12.1 Å². The molecular formula is C17H17ClFNO. The van der Waals surface area contributed by atoms with Crippen LogP contribution in [-0.4, -0.2) is 12.5 Å². The van der Waals surface area contributed by atoms with Crippen LogP contribution in [0.25, 0.3) is 0 Å². The number of hydrogen-bond donors (Lipinski definition) is 1. The quantitative estimate of drug-likeness (QED) is 0.901. The second-order valence-electron chi connectivity index (χ2n) is 5.56. The molecule has 110 valence electrons. The van der Waals surface area contributed by atoms with Crippen LogP contribution in [0, 0.1) is 5.82 Å². The van der Waals surface area contributed by atoms with Crippen LogP contribution in [0.3, 0.4) is 0 Å². The van der Waals surface area contributed by atoms with Crippen LogP contribution in [0.5, 0.6) is 0 Å². The van der Waals surface area contributed by atoms with Gasteiger partial charge in [-0.1, -0.05) is 49.7 Å². The second-order valence-corrected chi connectivity index (χ2v) is 5.99. The van der Waals surface area contributed by atoms with Gasteiger partial charge in [0, 0.05) is 17.0 Å². The Kier molecular flexibility index (Phi) is 4.63. The minimum Gasteiger partial charge on any atom is -0.351 e. The van der Waals surface area contributed by atoms with Crippen molar-refractivity contribution in [2.75, 3.05) is 6.54 Å². The van der Waals surface area contributed by atoms with Gasteiger partial charge >= 0.3 is 0 Å². The summed E-state index contributed by atoms with van der Waals surface area (Å²) >= 11 is 5.99. The number of benzene rings is 2. The van der Waals surface area contributed by atoms with Gasteiger partial charge in [-0.05, 0) is 29.8 Å². The molecule has 2 rings (SSSR count). The van der Waals surface area contributed by atoms with Crippen molar-refractivity contribution in [1.82, 2.24) is 5.32 Å². The number of carbonyl (C=O) groups is 1. The first-order valence-corrected chi connectivity index (χ1v) is 7.07. The highest BCUT2D eigenvalue weighted by molar-refractivity contribution is 6.30. The number of nitrogens with one attached hydrogen (secondary N) is 1. The van der Waals surface area contributed by atoms with E-state index in [0.29, 0.717) is 11.6 Å². The van der Waals surface area contributed by atoms with E-state index in [2.05, 4.69) is 5.32 Å². The number of rotatable bonds is 4. The van der Waals surface area contributed by atoms with Crippen LogP contribution in [0.4, 0.5) is 4.39 Å². The molecule has 0 aliphatic carbocycles. The minimum atomic E-state index is -0.518. The van der Waals surface area contributed by atoms with Gasteiger partial charge in [0.25, 0.3) is 5.91 Å². The van der Waals surface area contributed by atoms with Crippen LogP contribution in [-0.2, 0) is 5.41 Å². The van der Waals surface area contributed by atoms with Crippen molar-refractivity contribution in [3.63, 3.8) is 0 Å². The lowest BCUT2D eigenvalue weighted by atomic mass is 9.84. The molecule has 0 saturated carbocycles. The summed E-state index contributed by atoms with van der Waals surface area (Å²) in [4.78, 5) is 12.0. The Balaban J connectivity index is 2.08. The minimum absolute atomic E-state index is 0.0550. The summed E-state index contributed by atoms with van der Waals surface area (Å²) in [7, 11) is 0. The first-order chi connectivity index (χ1) is 9.90. The molecule has 1 N–H and O–H groups in total. The van der Waals surface area contributed by atoms with E-state index in [4.69, 9.17) is 11.6 Å². The number of halogens is 2. The highest BCUT2D eigenvalue weighted by Crippen LogP contribution is 2.25. The number of hydrogen-bond acceptors (Lipinski definition) is 1. The van der Waals surface area contributed by atoms with Gasteiger partial charge in [-0.25, -0.2) is 4.39 Å². The van der Waals surface area contributed by atoms with Crippen LogP contribution in [0.1, 0.15) is 29.8 Å². The van der Waals surface area contributed by atoms with Crippen molar-refractivity contribution >= 4 is 17.5 Å². The topological polar surface area (TPSA) is 29.1 Å². The molecule has 0 unspecified atom stereocenters. The molecule has 0 aliphatic rings. The Morgan fingerprint density at radius 1 is 1.19 bits per heavy atom. The van der Waals surface area contributed by atoms with Crippen molar-refractivity contribution in [3.8, 4) is 0 Å². The predicted octanol–water partition coefficient (Wildman–Crippen LogP) is 4.19. The van der Waals surface area contributed by atoms with E-state index in [9.17, 15) is 9.18 Å². The third-order valence-electron chi connectivity index (χ3n) is 3.42. The SMILES string of the molecule is CC(C)(CNC(=O)c1ccccc1F)c1cccc(Cl)c1. The van der Waals surface area contributed by atoms with E-state index < -0.39 is 11.7 Å². The molecule has 2 aromatic carbocycles. The summed E-state index contributed by atoms with van der Waals surface area (Å²) in [6, 6.07) is 13.4. The zero-order valence-electron chi connectivity index (χ0n) is 12.0. The van der Waals surface area contributed by atoms with E-state index in [0.717, 1.165) is 5.56 Å². The summed E-state index contributed by atoms with van der Waals surface area (Å²) in [6.45, 7) is 4.39. The Hall–Kier alpha value is -1.87. The Morgan fingerprint density at radius 3 is 2.57 bits per heavy atom. The number of amides is 1. The molecule has 4 heteroatoms. The smallest absolute Gasteiger partial charge is 0.254 e. The van der Waals surface area contributed by atoms with Crippen LogP contribution in [0.15, 0.2) is 48.5 Å². The van der Waals surface area contributed by atoms with Gasteiger partial charge in [-0.3, -0.25) is 4.79 Å². The Morgan fingerprint density at radius 2 is 1.90 bits per heavy atom. The maximum absolute atomic E-state index is 13.6. The number of carbonyl (C=O) groups excluding carboxylic acids is 1. The molecular weight excluding hydrogens is 289 g/mol. The molecule has 0 aliphatic heterocycles. The molecule has 0 radical (unpaired) electrons. The average molecular weight is 306 g/mol. The zero-order chi connectivity index (χ0) is 15.5. The highest BCUT2D eigenvalue weighted by atomic mass is 35.5. The molecule has 2 nitrogen and oxygen atoms in total. The highest BCUT2D eigenvalue weighted by Gasteiger charge is 2.22. The predicted molar refractivity (Wildman–Crippen MR) is 83.2 cm³/mol. The summed E-state index contributed by atoms with van der Waals surface area (Å²) in [5, 5.41) is 3.43. The third-order valence-corrected chi connectivity index (χ3v) is 3.65. The molecule has 0 spiro atoms. The fraction of sp³-hybridized carbons (Fsp3) is 0.235. The molecule has 0 aromatic heterocycles. The van der Waals surface area contributed by atoms with Crippen molar-refractivity contribution < 1.29 is 9.18 Å². The van der Waals surface area contributed by atoms with E-state index in [1.54, 1.807) is 18.2 Å². The lowest BCUT2D eigenvalue weighted by Crippen LogP contribution is -2.37. The summed E-state index contributed by atoms with van der Waals surface area (Å²) < 4.78 is 13.6. The van der Waals surface area contributed by atoms with Crippen molar-refractivity contribution in [2.24, 2.45) is 0 Å². The standard InChI is InChI=1S/C17H17ClFNO/c1-17(2,12-6-5-7-13(18)10-12)11-20-16(21)14-8-3-4-9-15(14)19/h3-10H,11H2,1-2H3,(H,20,21). The van der Waals surface area contributed by atoms with E-state index >= 15 is 0 Å². The monoisotopic (exact) mass is 305 g/mol. The normalized spacial score (nSPS) is 11.2. The van der Waals surface area contributed by atoms with Crippen molar-refractivity contribution in [3.05, 3.63) is 70.5 Å². The Labute approximate surface area is 128 Å². The molecule has 21 heavy (non-hydrogen) atoms. The zero-order valence-corrected chi connectivity index (χ0v) is 12.7. The first kappa shape index (κ1) is 15.5. The van der Waals surface area contributed by atoms with Crippen LogP contribution in [0.2, 0.25) is 5.02 Å². The summed E-state index contributed by atoms with van der Waals surface area (Å²) in [5.41, 5.74) is 0.773. The molecule has 0 saturated heterocycles. The lowest BCUT2D eigenvalue weighted by Gasteiger charge is -2.26. The van der Waals surface area contributed by atoms with Gasteiger partial charge in [-0.15, -0.1) is 0 Å².